The fourth-order valence-corrected chi connectivity index (χ4v) is 4.42. The number of likely N-dealkylation sites (tertiary alicyclic amines) is 1. The molecule has 1 saturated heterocycles. The molecule has 1 aliphatic rings. The number of ketones is 1. The smallest absolute Gasteiger partial charge is 0.295 e. The molecule has 1 aliphatic heterocycles. The number of benzene rings is 3. The number of rotatable bonds is 9. The predicted molar refractivity (Wildman–Crippen MR) is 139 cm³/mol. The number of nitrogens with zero attached hydrogens (tertiary/aromatic N) is 1. The number of aliphatic hydroxyl groups excluding tert-OH is 1. The topological polar surface area (TPSA) is 76.1 Å². The average Bonchev–Trinajstić information content (AvgIpc) is 3.13. The molecule has 1 N–H and O–H groups in total. The molecule has 186 valence electrons. The van der Waals surface area contributed by atoms with Crippen molar-refractivity contribution in [2.75, 3.05) is 20.3 Å². The normalized spacial score (nSPS) is 17.0. The Morgan fingerprint density at radius 2 is 1.67 bits per heavy atom. The third-order valence-electron chi connectivity index (χ3n) is 6.30. The summed E-state index contributed by atoms with van der Waals surface area (Å²) in [6, 6.07) is 22.0. The summed E-state index contributed by atoms with van der Waals surface area (Å²) in [5.74, 6) is -0.854. The number of hydrogen-bond acceptors (Lipinski definition) is 5. The van der Waals surface area contributed by atoms with Crippen LogP contribution in [0.15, 0.2) is 78.4 Å². The van der Waals surface area contributed by atoms with E-state index in [4.69, 9.17) is 9.47 Å². The zero-order valence-electron chi connectivity index (χ0n) is 20.9. The van der Waals surface area contributed by atoms with Crippen LogP contribution >= 0.6 is 0 Å². The molecule has 3 aromatic rings. The second-order valence-electron chi connectivity index (χ2n) is 9.05. The summed E-state index contributed by atoms with van der Waals surface area (Å²) in [5, 5.41) is 11.2. The molecular formula is C30H31NO5. The van der Waals surface area contributed by atoms with E-state index in [1.54, 1.807) is 31.4 Å². The van der Waals surface area contributed by atoms with Crippen LogP contribution in [0.4, 0.5) is 0 Å². The number of amides is 1. The Morgan fingerprint density at radius 3 is 2.33 bits per heavy atom. The summed E-state index contributed by atoms with van der Waals surface area (Å²) in [6.07, 6.45) is 0.582. The van der Waals surface area contributed by atoms with Crippen LogP contribution in [0.3, 0.4) is 0 Å². The fourth-order valence-electron chi connectivity index (χ4n) is 4.42. The molecule has 0 spiro atoms. The Balaban J connectivity index is 1.62. The summed E-state index contributed by atoms with van der Waals surface area (Å²) in [6.45, 7) is 5.24. The maximum Gasteiger partial charge on any atom is 0.295 e. The fraction of sp³-hybridized carbons (Fsp3) is 0.267. The average molecular weight is 486 g/mol. The second-order valence-corrected chi connectivity index (χ2v) is 9.05. The van der Waals surface area contributed by atoms with Crippen molar-refractivity contribution in [3.63, 3.8) is 0 Å². The molecule has 0 aliphatic carbocycles. The van der Waals surface area contributed by atoms with Gasteiger partial charge in [-0.2, -0.15) is 0 Å². The lowest BCUT2D eigenvalue weighted by molar-refractivity contribution is -0.140. The number of carbonyl (C=O) groups is 2. The minimum Gasteiger partial charge on any atom is -0.507 e. The Labute approximate surface area is 211 Å². The van der Waals surface area contributed by atoms with Gasteiger partial charge in [-0.05, 0) is 55.7 Å². The van der Waals surface area contributed by atoms with Crippen molar-refractivity contribution in [2.45, 2.75) is 32.9 Å². The van der Waals surface area contributed by atoms with Gasteiger partial charge in [0.05, 0.1) is 11.6 Å². The second kappa shape index (κ2) is 11.2. The largest absolute Gasteiger partial charge is 0.507 e. The van der Waals surface area contributed by atoms with Gasteiger partial charge in [0.2, 0.25) is 0 Å². The summed E-state index contributed by atoms with van der Waals surface area (Å²) in [4.78, 5) is 27.6. The Hall–Kier alpha value is -3.90. The van der Waals surface area contributed by atoms with Gasteiger partial charge in [-0.25, -0.2) is 0 Å². The molecule has 1 fully saturated rings. The molecule has 1 atom stereocenters. The number of Topliss-reactive ketones (excluding diaryl/α,β-unsaturated/α-hetero) is 1. The lowest BCUT2D eigenvalue weighted by Gasteiger charge is -2.25. The molecule has 3 aromatic carbocycles. The minimum atomic E-state index is -0.685. The van der Waals surface area contributed by atoms with E-state index < -0.39 is 17.7 Å². The van der Waals surface area contributed by atoms with Crippen molar-refractivity contribution in [3.8, 4) is 5.75 Å². The molecule has 0 saturated carbocycles. The van der Waals surface area contributed by atoms with Gasteiger partial charge in [0.25, 0.3) is 11.7 Å². The molecule has 1 heterocycles. The Bertz CT molecular complexity index is 1260. The number of ether oxygens (including phenoxy) is 2. The van der Waals surface area contributed by atoms with Crippen molar-refractivity contribution >= 4 is 17.4 Å². The predicted octanol–water partition coefficient (Wildman–Crippen LogP) is 5.34. The number of hydrogen-bond donors (Lipinski definition) is 1. The van der Waals surface area contributed by atoms with Crippen LogP contribution in [0.25, 0.3) is 5.76 Å². The Morgan fingerprint density at radius 1 is 0.944 bits per heavy atom. The van der Waals surface area contributed by atoms with E-state index in [9.17, 15) is 14.7 Å². The number of methoxy groups -OCH3 is 1. The monoisotopic (exact) mass is 485 g/mol. The van der Waals surface area contributed by atoms with Crippen LogP contribution in [0.2, 0.25) is 0 Å². The van der Waals surface area contributed by atoms with Crippen molar-refractivity contribution in [1.29, 1.82) is 0 Å². The van der Waals surface area contributed by atoms with Gasteiger partial charge in [-0.15, -0.1) is 0 Å². The van der Waals surface area contributed by atoms with E-state index in [2.05, 4.69) is 6.07 Å². The first-order valence-corrected chi connectivity index (χ1v) is 12.0. The summed E-state index contributed by atoms with van der Waals surface area (Å²) >= 11 is 0. The first-order chi connectivity index (χ1) is 17.4. The van der Waals surface area contributed by atoms with Crippen molar-refractivity contribution in [1.82, 2.24) is 4.90 Å². The van der Waals surface area contributed by atoms with Crippen molar-refractivity contribution < 1.29 is 24.2 Å². The zero-order chi connectivity index (χ0) is 25.7. The van der Waals surface area contributed by atoms with Gasteiger partial charge < -0.3 is 19.5 Å². The highest BCUT2D eigenvalue weighted by Crippen LogP contribution is 2.39. The van der Waals surface area contributed by atoms with Crippen LogP contribution in [-0.4, -0.2) is 42.0 Å². The molecule has 6 heteroatoms. The molecule has 0 aromatic heterocycles. The number of aryl methyl sites for hydroxylation is 2. The highest BCUT2D eigenvalue weighted by molar-refractivity contribution is 6.46. The van der Waals surface area contributed by atoms with Gasteiger partial charge in [0.15, 0.2) is 0 Å². The van der Waals surface area contributed by atoms with Crippen LogP contribution in [0.5, 0.6) is 5.75 Å². The summed E-state index contributed by atoms with van der Waals surface area (Å²) in [5.41, 5.74) is 4.61. The van der Waals surface area contributed by atoms with Gasteiger partial charge in [0.1, 0.15) is 18.1 Å². The first-order valence-electron chi connectivity index (χ1n) is 12.0. The molecule has 4 rings (SSSR count). The minimum absolute atomic E-state index is 0.0923. The number of carbonyl (C=O) groups excluding carboxylic acids is 2. The molecule has 6 nitrogen and oxygen atoms in total. The molecule has 0 unspecified atom stereocenters. The van der Waals surface area contributed by atoms with E-state index in [1.165, 1.54) is 4.90 Å². The highest BCUT2D eigenvalue weighted by Gasteiger charge is 2.45. The number of aliphatic hydroxyl groups is 1. The molecule has 1 amide bonds. The quantitative estimate of drug-likeness (QED) is 0.192. The third kappa shape index (κ3) is 5.50. The standard InChI is InChI=1S/C30H31NO5/c1-20-8-10-23(11-9-20)27-26(29(33)30(34)31(27)16-5-17-35-3)28(32)24-12-14-25(15-13-24)36-19-22-7-4-6-21(2)18-22/h4,6-15,18,27,32H,5,16-17,19H2,1-3H3/t27-/m1/s1. The van der Waals surface area contributed by atoms with E-state index in [1.807, 2.05) is 56.3 Å². The Kier molecular flexibility index (Phi) is 7.86. The molecule has 0 bridgehead atoms. The van der Waals surface area contributed by atoms with Gasteiger partial charge >= 0.3 is 0 Å². The van der Waals surface area contributed by atoms with Gasteiger partial charge in [-0.3, -0.25) is 9.59 Å². The zero-order valence-corrected chi connectivity index (χ0v) is 20.9. The van der Waals surface area contributed by atoms with Crippen LogP contribution in [0.1, 0.15) is 40.3 Å². The molecular weight excluding hydrogens is 454 g/mol. The van der Waals surface area contributed by atoms with Crippen molar-refractivity contribution in [3.05, 3.63) is 106 Å². The first kappa shape index (κ1) is 25.2. The molecule has 0 radical (unpaired) electrons. The maximum absolute atomic E-state index is 13.1. The summed E-state index contributed by atoms with van der Waals surface area (Å²) in [7, 11) is 1.60. The summed E-state index contributed by atoms with van der Waals surface area (Å²) < 4.78 is 11.0. The third-order valence-corrected chi connectivity index (χ3v) is 6.30. The lowest BCUT2D eigenvalue weighted by Crippen LogP contribution is -2.31. The maximum atomic E-state index is 13.1. The highest BCUT2D eigenvalue weighted by atomic mass is 16.5. The SMILES string of the molecule is COCCCN1C(=O)C(=O)C(=C(O)c2ccc(OCc3cccc(C)c3)cc2)[C@H]1c1ccc(C)cc1. The van der Waals surface area contributed by atoms with E-state index in [0.29, 0.717) is 37.5 Å². The van der Waals surface area contributed by atoms with Crippen molar-refractivity contribution in [2.24, 2.45) is 0 Å². The van der Waals surface area contributed by atoms with E-state index in [0.717, 1.165) is 22.3 Å². The van der Waals surface area contributed by atoms with E-state index >= 15 is 0 Å². The lowest BCUT2D eigenvalue weighted by atomic mass is 9.94. The van der Waals surface area contributed by atoms with Crippen LogP contribution in [0, 0.1) is 13.8 Å². The van der Waals surface area contributed by atoms with E-state index in [-0.39, 0.29) is 11.3 Å². The van der Waals surface area contributed by atoms with Gasteiger partial charge in [-0.1, -0.05) is 59.7 Å². The molecule has 36 heavy (non-hydrogen) atoms. The van der Waals surface area contributed by atoms with Crippen LogP contribution in [-0.2, 0) is 20.9 Å². The van der Waals surface area contributed by atoms with Crippen LogP contribution < -0.4 is 4.74 Å². The van der Waals surface area contributed by atoms with Gasteiger partial charge in [0, 0.05) is 25.8 Å².